The number of aryl methyl sites for hydroxylation is 3. The van der Waals surface area contributed by atoms with Crippen LogP contribution in [0.3, 0.4) is 0 Å². The number of fused-ring (bicyclic) bond motifs is 1. The number of thiophene rings is 1. The van der Waals surface area contributed by atoms with E-state index in [0.29, 0.717) is 41.2 Å². The van der Waals surface area contributed by atoms with Gasteiger partial charge in [-0.2, -0.15) is 0 Å². The van der Waals surface area contributed by atoms with Crippen molar-refractivity contribution in [1.29, 1.82) is 0 Å². The molecule has 10 nitrogen and oxygen atoms in total. The lowest BCUT2D eigenvalue weighted by molar-refractivity contribution is -0.117. The Morgan fingerprint density at radius 2 is 2.03 bits per heavy atom. The second kappa shape index (κ2) is 8.78. The van der Waals surface area contributed by atoms with Gasteiger partial charge in [0.25, 0.3) is 5.91 Å². The third-order valence-electron chi connectivity index (χ3n) is 7.13. The molecular formula is C24H29N7O3S. The Labute approximate surface area is 206 Å². The third-order valence-corrected chi connectivity index (χ3v) is 8.34. The average molecular weight is 496 g/mol. The van der Waals surface area contributed by atoms with Gasteiger partial charge in [-0.05, 0) is 70.3 Å². The molecule has 0 aromatic carbocycles. The molecule has 3 aliphatic carbocycles. The molecule has 3 aliphatic rings. The maximum absolute atomic E-state index is 13.3. The maximum atomic E-state index is 13.3. The molecule has 0 unspecified atom stereocenters. The zero-order valence-corrected chi connectivity index (χ0v) is 20.7. The van der Waals surface area contributed by atoms with Crippen LogP contribution in [0, 0.1) is 25.7 Å². The number of hydrogen-bond donors (Lipinski definition) is 3. The summed E-state index contributed by atoms with van der Waals surface area (Å²) in [7, 11) is 0. The maximum Gasteiger partial charge on any atom is 0.254 e. The topological polar surface area (TPSA) is 127 Å². The van der Waals surface area contributed by atoms with Gasteiger partial charge in [-0.15, -0.1) is 21.5 Å². The second-order valence-corrected chi connectivity index (χ2v) is 11.0. The highest BCUT2D eigenvalue weighted by atomic mass is 32.1. The van der Waals surface area contributed by atoms with Gasteiger partial charge in [0, 0.05) is 23.4 Å². The lowest BCUT2D eigenvalue weighted by atomic mass is 9.91. The fourth-order valence-electron chi connectivity index (χ4n) is 4.71. The average Bonchev–Trinajstić information content (AvgIpc) is 3.76. The summed E-state index contributed by atoms with van der Waals surface area (Å²) in [5.41, 5.74) is 3.21. The SMILES string of the molecule is Cc1noc(C)c1Nc1nncn1[C@H]1CCc2sc(NC(=O)C3CC3)c(C(=O)NCC3CC3)c2C1. The molecule has 1 atom stereocenters. The van der Waals surface area contributed by atoms with Gasteiger partial charge >= 0.3 is 0 Å². The van der Waals surface area contributed by atoms with E-state index < -0.39 is 0 Å². The van der Waals surface area contributed by atoms with E-state index in [2.05, 4.69) is 31.3 Å². The number of amides is 2. The molecule has 0 spiro atoms. The molecule has 0 aliphatic heterocycles. The first-order valence-electron chi connectivity index (χ1n) is 12.3. The van der Waals surface area contributed by atoms with Crippen molar-refractivity contribution in [2.24, 2.45) is 11.8 Å². The molecule has 3 aromatic heterocycles. The van der Waals surface area contributed by atoms with Gasteiger partial charge in [-0.3, -0.25) is 14.2 Å². The molecule has 2 saturated carbocycles. The van der Waals surface area contributed by atoms with Crippen LogP contribution >= 0.6 is 11.3 Å². The molecule has 184 valence electrons. The van der Waals surface area contributed by atoms with Gasteiger partial charge in [0.2, 0.25) is 11.9 Å². The van der Waals surface area contributed by atoms with E-state index in [4.69, 9.17) is 4.52 Å². The summed E-state index contributed by atoms with van der Waals surface area (Å²) in [5.74, 6) is 1.91. The minimum absolute atomic E-state index is 0.0288. The molecule has 35 heavy (non-hydrogen) atoms. The normalized spacial score (nSPS) is 19.3. The summed E-state index contributed by atoms with van der Waals surface area (Å²) in [6.07, 6.45) is 8.31. The minimum atomic E-state index is -0.0843. The van der Waals surface area contributed by atoms with E-state index in [9.17, 15) is 9.59 Å². The van der Waals surface area contributed by atoms with Crippen molar-refractivity contribution in [3.63, 3.8) is 0 Å². The van der Waals surface area contributed by atoms with Gasteiger partial charge in [0.05, 0.1) is 5.56 Å². The summed E-state index contributed by atoms with van der Waals surface area (Å²) in [5, 5.41) is 22.6. The highest BCUT2D eigenvalue weighted by Crippen LogP contribution is 2.43. The predicted octanol–water partition coefficient (Wildman–Crippen LogP) is 3.91. The van der Waals surface area contributed by atoms with Crippen LogP contribution in [0.15, 0.2) is 10.9 Å². The Balaban J connectivity index is 1.28. The third kappa shape index (κ3) is 4.44. The zero-order valence-electron chi connectivity index (χ0n) is 19.9. The number of aromatic nitrogens is 4. The van der Waals surface area contributed by atoms with Gasteiger partial charge in [0.1, 0.15) is 22.7 Å². The number of rotatable bonds is 8. The Morgan fingerprint density at radius 3 is 2.74 bits per heavy atom. The Hall–Kier alpha value is -3.21. The molecule has 0 saturated heterocycles. The highest BCUT2D eigenvalue weighted by molar-refractivity contribution is 7.17. The number of carbonyl (C=O) groups is 2. The molecule has 3 N–H and O–H groups in total. The Bertz CT molecular complexity index is 1260. The van der Waals surface area contributed by atoms with Crippen LogP contribution in [-0.4, -0.2) is 38.3 Å². The van der Waals surface area contributed by atoms with Crippen LogP contribution in [0.1, 0.15) is 70.4 Å². The van der Waals surface area contributed by atoms with Crippen LogP contribution in [0.5, 0.6) is 0 Å². The number of anilines is 3. The van der Waals surface area contributed by atoms with Gasteiger partial charge in [-0.25, -0.2) is 0 Å². The zero-order chi connectivity index (χ0) is 24.1. The number of hydrogen-bond acceptors (Lipinski definition) is 8. The smallest absolute Gasteiger partial charge is 0.254 e. The van der Waals surface area contributed by atoms with E-state index >= 15 is 0 Å². The molecule has 6 rings (SSSR count). The summed E-state index contributed by atoms with van der Waals surface area (Å²) in [6.45, 7) is 4.42. The van der Waals surface area contributed by atoms with E-state index in [0.717, 1.165) is 42.6 Å². The van der Waals surface area contributed by atoms with Crippen LogP contribution in [0.4, 0.5) is 16.6 Å². The molecule has 0 radical (unpaired) electrons. The Morgan fingerprint density at radius 1 is 1.20 bits per heavy atom. The molecular weight excluding hydrogens is 466 g/mol. The van der Waals surface area contributed by atoms with E-state index in [1.807, 2.05) is 18.4 Å². The molecule has 11 heteroatoms. The molecule has 2 fully saturated rings. The lowest BCUT2D eigenvalue weighted by Crippen LogP contribution is -2.28. The fourth-order valence-corrected chi connectivity index (χ4v) is 5.95. The van der Waals surface area contributed by atoms with Crippen molar-refractivity contribution in [1.82, 2.24) is 25.2 Å². The second-order valence-electron chi connectivity index (χ2n) is 9.91. The summed E-state index contributed by atoms with van der Waals surface area (Å²) in [6, 6.07) is 0.0806. The van der Waals surface area contributed by atoms with E-state index in [1.165, 1.54) is 17.7 Å². The van der Waals surface area contributed by atoms with Crippen LogP contribution in [-0.2, 0) is 17.6 Å². The first-order valence-corrected chi connectivity index (χ1v) is 13.1. The van der Waals surface area contributed by atoms with Crippen molar-refractivity contribution in [3.05, 3.63) is 33.8 Å². The fraction of sp³-hybridized carbons (Fsp3) is 0.542. The summed E-state index contributed by atoms with van der Waals surface area (Å²) in [4.78, 5) is 27.1. The van der Waals surface area contributed by atoms with Gasteiger partial charge in [-0.1, -0.05) is 5.16 Å². The van der Waals surface area contributed by atoms with E-state index in [1.54, 1.807) is 17.7 Å². The molecule has 3 aromatic rings. The molecule has 2 amide bonds. The summed E-state index contributed by atoms with van der Waals surface area (Å²) >= 11 is 1.56. The first kappa shape index (κ1) is 22.3. The van der Waals surface area contributed by atoms with Crippen LogP contribution in [0.25, 0.3) is 0 Å². The highest BCUT2D eigenvalue weighted by Gasteiger charge is 2.35. The standard InChI is InChI=1S/C24H29N7O3S/c1-12-20(13(2)34-30-12)27-24-29-26-11-31(24)16-7-8-18-17(9-16)19(22(33)25-10-14-3-4-14)23(35-18)28-21(32)15-5-6-15/h11,14-16H,3-10H2,1-2H3,(H,25,33)(H,27,29)(H,28,32)/t16-/m0/s1. The number of nitrogens with zero attached hydrogens (tertiary/aromatic N) is 4. The first-order chi connectivity index (χ1) is 17.0. The Kier molecular flexibility index (Phi) is 5.58. The van der Waals surface area contributed by atoms with Gasteiger partial charge < -0.3 is 20.5 Å². The van der Waals surface area contributed by atoms with Crippen molar-refractivity contribution < 1.29 is 14.1 Å². The number of carbonyl (C=O) groups excluding carboxylic acids is 2. The van der Waals surface area contributed by atoms with Crippen molar-refractivity contribution in [2.45, 2.75) is 64.8 Å². The van der Waals surface area contributed by atoms with E-state index in [-0.39, 0.29) is 23.8 Å². The van der Waals surface area contributed by atoms with Crippen LogP contribution in [0.2, 0.25) is 0 Å². The largest absolute Gasteiger partial charge is 0.359 e. The lowest BCUT2D eigenvalue weighted by Gasteiger charge is -2.25. The van der Waals surface area contributed by atoms with Gasteiger partial charge in [0.15, 0.2) is 5.76 Å². The van der Waals surface area contributed by atoms with Crippen molar-refractivity contribution in [2.75, 3.05) is 17.2 Å². The molecule has 3 heterocycles. The quantitative estimate of drug-likeness (QED) is 0.432. The number of nitrogens with one attached hydrogen (secondary N) is 3. The predicted molar refractivity (Wildman–Crippen MR) is 131 cm³/mol. The van der Waals surface area contributed by atoms with Crippen molar-refractivity contribution in [3.8, 4) is 0 Å². The van der Waals surface area contributed by atoms with Crippen molar-refractivity contribution >= 4 is 39.8 Å². The molecule has 0 bridgehead atoms. The monoisotopic (exact) mass is 495 g/mol. The minimum Gasteiger partial charge on any atom is -0.359 e. The summed E-state index contributed by atoms with van der Waals surface area (Å²) < 4.78 is 7.30. The van der Waals surface area contributed by atoms with Crippen LogP contribution < -0.4 is 16.0 Å².